The highest BCUT2D eigenvalue weighted by Gasteiger charge is 2.23. The first-order chi connectivity index (χ1) is 13.2. The van der Waals surface area contributed by atoms with Crippen LogP contribution in [0.15, 0.2) is 47.3 Å². The summed E-state index contributed by atoms with van der Waals surface area (Å²) < 4.78 is 16.8. The minimum atomic E-state index is -0.184. The van der Waals surface area contributed by atoms with E-state index in [4.69, 9.17) is 13.9 Å². The van der Waals surface area contributed by atoms with Crippen LogP contribution in [-0.2, 0) is 11.3 Å². The quantitative estimate of drug-likeness (QED) is 0.666. The summed E-state index contributed by atoms with van der Waals surface area (Å²) >= 11 is 0. The molecule has 27 heavy (non-hydrogen) atoms. The maximum atomic E-state index is 12.5. The van der Waals surface area contributed by atoms with E-state index in [0.29, 0.717) is 12.4 Å². The molecule has 0 N–H and O–H groups in total. The van der Waals surface area contributed by atoms with E-state index < -0.39 is 0 Å². The lowest BCUT2D eigenvalue weighted by atomic mass is 10.1. The van der Waals surface area contributed by atoms with Gasteiger partial charge in [-0.3, -0.25) is 9.78 Å². The number of benzene rings is 1. The van der Waals surface area contributed by atoms with Crippen LogP contribution in [0.5, 0.6) is 5.75 Å². The summed E-state index contributed by atoms with van der Waals surface area (Å²) in [6, 6.07) is 7.66. The molecule has 0 saturated carbocycles. The van der Waals surface area contributed by atoms with Gasteiger partial charge in [0.05, 0.1) is 6.10 Å². The number of pyridine rings is 1. The number of rotatable bonds is 6. The maximum Gasteiger partial charge on any atom is 0.275 e. The van der Waals surface area contributed by atoms with Crippen molar-refractivity contribution >= 4 is 16.7 Å². The Morgan fingerprint density at radius 1 is 1.37 bits per heavy atom. The Kier molecular flexibility index (Phi) is 5.02. The third-order valence-electron chi connectivity index (χ3n) is 4.61. The molecule has 3 heterocycles. The Morgan fingerprint density at radius 3 is 3.15 bits per heavy atom. The van der Waals surface area contributed by atoms with Crippen molar-refractivity contribution in [3.8, 4) is 5.75 Å². The molecule has 1 aliphatic rings. The minimum Gasteiger partial charge on any atom is -0.483 e. The van der Waals surface area contributed by atoms with Crippen LogP contribution in [0.1, 0.15) is 29.2 Å². The third kappa shape index (κ3) is 3.93. The zero-order valence-electron chi connectivity index (χ0n) is 15.1. The highest BCUT2D eigenvalue weighted by Crippen LogP contribution is 2.25. The number of ether oxygens (including phenoxy) is 2. The number of carbonyl (C=O) groups excluding carboxylic acids is 1. The predicted molar refractivity (Wildman–Crippen MR) is 98.5 cm³/mol. The molecule has 1 fully saturated rings. The summed E-state index contributed by atoms with van der Waals surface area (Å²) in [6.07, 6.45) is 7.02. The van der Waals surface area contributed by atoms with Gasteiger partial charge in [0.1, 0.15) is 12.0 Å². The van der Waals surface area contributed by atoms with Crippen LogP contribution < -0.4 is 4.74 Å². The summed E-state index contributed by atoms with van der Waals surface area (Å²) in [6.45, 7) is 1.47. The summed E-state index contributed by atoms with van der Waals surface area (Å²) in [4.78, 5) is 22.5. The molecule has 0 aliphatic carbocycles. The van der Waals surface area contributed by atoms with Crippen molar-refractivity contribution in [2.75, 3.05) is 20.2 Å². The second kappa shape index (κ2) is 7.75. The number of carbonyl (C=O) groups is 1. The molecule has 0 unspecified atom stereocenters. The molecule has 7 nitrogen and oxygen atoms in total. The van der Waals surface area contributed by atoms with Gasteiger partial charge in [-0.15, -0.1) is 0 Å². The second-order valence-corrected chi connectivity index (χ2v) is 6.59. The smallest absolute Gasteiger partial charge is 0.275 e. The molecular formula is C20H21N3O4. The van der Waals surface area contributed by atoms with Gasteiger partial charge in [0.2, 0.25) is 5.89 Å². The van der Waals surface area contributed by atoms with E-state index >= 15 is 0 Å². The number of hydrogen-bond acceptors (Lipinski definition) is 6. The number of amides is 1. The molecular weight excluding hydrogens is 346 g/mol. The van der Waals surface area contributed by atoms with Crippen molar-refractivity contribution in [1.29, 1.82) is 0 Å². The average molecular weight is 367 g/mol. The molecule has 1 amide bonds. The van der Waals surface area contributed by atoms with Gasteiger partial charge < -0.3 is 18.8 Å². The molecule has 7 heteroatoms. The second-order valence-electron chi connectivity index (χ2n) is 6.59. The van der Waals surface area contributed by atoms with Crippen molar-refractivity contribution in [3.05, 3.63) is 54.5 Å². The molecule has 140 valence electrons. The Bertz CT molecular complexity index is 928. The fraction of sp³-hybridized carbons (Fsp3) is 0.350. The SMILES string of the molecule is CN(C[C@@H]1CCCO1)C(=O)c1coc(COc2cccc3cnccc23)n1. The average Bonchev–Trinajstić information content (AvgIpc) is 3.37. The first-order valence-electron chi connectivity index (χ1n) is 8.98. The standard InChI is InChI=1S/C20H21N3O4/c1-23(11-15-5-3-9-25-15)20(24)17-12-27-19(22-17)13-26-18-6-2-4-14-10-21-8-7-16(14)18/h2,4,6-8,10,12,15H,3,5,9,11,13H2,1H3/t15-/m0/s1. The Labute approximate surface area is 156 Å². The van der Waals surface area contributed by atoms with E-state index in [1.165, 1.54) is 6.26 Å². The normalized spacial score (nSPS) is 16.6. The molecule has 1 atom stereocenters. The van der Waals surface area contributed by atoms with E-state index in [0.717, 1.165) is 36.0 Å². The minimum absolute atomic E-state index is 0.106. The summed E-state index contributed by atoms with van der Waals surface area (Å²) in [7, 11) is 1.75. The largest absolute Gasteiger partial charge is 0.483 e. The zero-order chi connectivity index (χ0) is 18.6. The number of aromatic nitrogens is 2. The predicted octanol–water partition coefficient (Wildman–Crippen LogP) is 3.05. The van der Waals surface area contributed by atoms with E-state index in [1.807, 2.05) is 24.3 Å². The van der Waals surface area contributed by atoms with Crippen LogP contribution in [0.2, 0.25) is 0 Å². The van der Waals surface area contributed by atoms with E-state index in [9.17, 15) is 4.79 Å². The van der Waals surface area contributed by atoms with Crippen LogP contribution in [0.4, 0.5) is 0 Å². The maximum absolute atomic E-state index is 12.5. The number of oxazole rings is 1. The van der Waals surface area contributed by atoms with Gasteiger partial charge in [-0.25, -0.2) is 4.98 Å². The molecule has 0 spiro atoms. The van der Waals surface area contributed by atoms with Crippen molar-refractivity contribution in [3.63, 3.8) is 0 Å². The molecule has 2 aromatic heterocycles. The molecule has 1 aromatic carbocycles. The monoisotopic (exact) mass is 367 g/mol. The summed E-state index contributed by atoms with van der Waals surface area (Å²) in [5.74, 6) is 0.892. The van der Waals surface area contributed by atoms with Crippen molar-refractivity contribution in [2.24, 2.45) is 0 Å². The molecule has 3 aromatic rings. The molecule has 4 rings (SSSR count). The molecule has 0 bridgehead atoms. The number of hydrogen-bond donors (Lipinski definition) is 0. The van der Waals surface area contributed by atoms with Crippen LogP contribution >= 0.6 is 0 Å². The number of nitrogens with zero attached hydrogens (tertiary/aromatic N) is 3. The first kappa shape index (κ1) is 17.5. The third-order valence-corrected chi connectivity index (χ3v) is 4.61. The van der Waals surface area contributed by atoms with Crippen molar-refractivity contribution in [1.82, 2.24) is 14.9 Å². The number of likely N-dealkylation sites (N-methyl/N-ethyl adjacent to an activating group) is 1. The lowest BCUT2D eigenvalue weighted by Crippen LogP contribution is -2.34. The Balaban J connectivity index is 1.39. The molecule has 1 saturated heterocycles. The van der Waals surface area contributed by atoms with E-state index in [-0.39, 0.29) is 24.3 Å². The summed E-state index contributed by atoms with van der Waals surface area (Å²) in [5, 5.41) is 1.96. The van der Waals surface area contributed by atoms with Gasteiger partial charge in [-0.2, -0.15) is 0 Å². The van der Waals surface area contributed by atoms with Crippen LogP contribution in [0.25, 0.3) is 10.8 Å². The topological polar surface area (TPSA) is 77.7 Å². The van der Waals surface area contributed by atoms with Crippen molar-refractivity contribution < 1.29 is 18.7 Å². The van der Waals surface area contributed by atoms with Gasteiger partial charge in [-0.05, 0) is 25.0 Å². The van der Waals surface area contributed by atoms with Crippen LogP contribution in [0.3, 0.4) is 0 Å². The van der Waals surface area contributed by atoms with E-state index in [1.54, 1.807) is 24.3 Å². The summed E-state index contributed by atoms with van der Waals surface area (Å²) in [5.41, 5.74) is 0.274. The lowest BCUT2D eigenvalue weighted by Gasteiger charge is -2.19. The van der Waals surface area contributed by atoms with Gasteiger partial charge in [0, 0.05) is 43.4 Å². The van der Waals surface area contributed by atoms with Gasteiger partial charge in [0.25, 0.3) is 5.91 Å². The fourth-order valence-corrected chi connectivity index (χ4v) is 3.21. The van der Waals surface area contributed by atoms with Gasteiger partial charge in [-0.1, -0.05) is 12.1 Å². The fourth-order valence-electron chi connectivity index (χ4n) is 3.21. The Morgan fingerprint density at radius 2 is 2.30 bits per heavy atom. The zero-order valence-corrected chi connectivity index (χ0v) is 15.1. The molecule has 1 aliphatic heterocycles. The highest BCUT2D eigenvalue weighted by molar-refractivity contribution is 5.91. The Hall–Kier alpha value is -2.93. The van der Waals surface area contributed by atoms with Gasteiger partial charge in [0.15, 0.2) is 12.3 Å². The highest BCUT2D eigenvalue weighted by atomic mass is 16.5. The molecule has 0 radical (unpaired) electrons. The van der Waals surface area contributed by atoms with Gasteiger partial charge >= 0.3 is 0 Å². The lowest BCUT2D eigenvalue weighted by molar-refractivity contribution is 0.0582. The van der Waals surface area contributed by atoms with E-state index in [2.05, 4.69) is 9.97 Å². The van der Waals surface area contributed by atoms with Crippen LogP contribution in [0, 0.1) is 0 Å². The van der Waals surface area contributed by atoms with Crippen molar-refractivity contribution in [2.45, 2.75) is 25.6 Å². The number of fused-ring (bicyclic) bond motifs is 1. The van der Waals surface area contributed by atoms with Crippen LogP contribution in [-0.4, -0.2) is 47.1 Å². The first-order valence-corrected chi connectivity index (χ1v) is 8.98.